The highest BCUT2D eigenvalue weighted by Gasteiger charge is 2.26. The molecule has 1 aliphatic rings. The minimum atomic E-state index is -0.279. The lowest BCUT2D eigenvalue weighted by atomic mass is 10.2. The van der Waals surface area contributed by atoms with Crippen molar-refractivity contribution in [2.45, 2.75) is 4.90 Å². The number of nitrogens with one attached hydrogen (secondary N) is 1. The molecule has 1 aliphatic heterocycles. The summed E-state index contributed by atoms with van der Waals surface area (Å²) in [4.78, 5) is 30.6. The predicted octanol–water partition coefficient (Wildman–Crippen LogP) is 2.81. The van der Waals surface area contributed by atoms with Crippen molar-refractivity contribution >= 4 is 46.6 Å². The topological polar surface area (TPSA) is 62.3 Å². The third kappa shape index (κ3) is 3.23. The number of pyridine rings is 1. The maximum Gasteiger partial charge on any atom is 0.244 e. The van der Waals surface area contributed by atoms with E-state index in [0.29, 0.717) is 16.6 Å². The zero-order valence-electron chi connectivity index (χ0n) is 11.5. The molecule has 0 saturated carbocycles. The molecule has 1 aromatic carbocycles. The molecule has 0 unspecified atom stereocenters. The van der Waals surface area contributed by atoms with Crippen LogP contribution in [0.5, 0.6) is 0 Å². The van der Waals surface area contributed by atoms with Crippen LogP contribution >= 0.6 is 23.4 Å². The summed E-state index contributed by atoms with van der Waals surface area (Å²) < 4.78 is 0. The Labute approximate surface area is 136 Å². The number of halogens is 1. The van der Waals surface area contributed by atoms with Crippen molar-refractivity contribution in [3.63, 3.8) is 0 Å². The predicted molar refractivity (Wildman–Crippen MR) is 87.4 cm³/mol. The van der Waals surface area contributed by atoms with E-state index in [9.17, 15) is 9.59 Å². The molecule has 0 radical (unpaired) electrons. The van der Waals surface area contributed by atoms with Gasteiger partial charge in [0.05, 0.1) is 23.3 Å². The second-order valence-corrected chi connectivity index (χ2v) is 6.06. The van der Waals surface area contributed by atoms with E-state index in [4.69, 9.17) is 11.6 Å². The molecule has 22 heavy (non-hydrogen) atoms. The van der Waals surface area contributed by atoms with Crippen LogP contribution in [0.1, 0.15) is 0 Å². The summed E-state index contributed by atoms with van der Waals surface area (Å²) in [6.07, 6.45) is 1.47. The largest absolute Gasteiger partial charge is 0.323 e. The summed E-state index contributed by atoms with van der Waals surface area (Å²) in [5.74, 6) is -0.0143. The van der Waals surface area contributed by atoms with Gasteiger partial charge in [0.1, 0.15) is 11.7 Å². The third-order valence-corrected chi connectivity index (χ3v) is 4.39. The Morgan fingerprint density at radius 1 is 1.32 bits per heavy atom. The molecule has 2 heterocycles. The maximum absolute atomic E-state index is 12.1. The Bertz CT molecular complexity index is 721. The van der Waals surface area contributed by atoms with Crippen LogP contribution in [0.15, 0.2) is 47.5 Å². The minimum Gasteiger partial charge on any atom is -0.323 e. The number of thioether (sulfide) groups is 1. The summed E-state index contributed by atoms with van der Waals surface area (Å²) in [7, 11) is 0. The van der Waals surface area contributed by atoms with Crippen LogP contribution in [0.4, 0.5) is 11.4 Å². The standard InChI is InChI=1S/C15H12ClN3O2S/c16-13-6-5-10(7-17-13)18-14(20)8-19-11-3-1-2-4-12(11)22-9-15(19)21/h1-7H,8-9H2,(H,18,20). The quantitative estimate of drug-likeness (QED) is 0.877. The molecule has 2 aromatic rings. The molecule has 3 rings (SSSR count). The lowest BCUT2D eigenvalue weighted by Crippen LogP contribution is -2.41. The number of anilines is 2. The van der Waals surface area contributed by atoms with Gasteiger partial charge in [0.15, 0.2) is 0 Å². The van der Waals surface area contributed by atoms with Crippen molar-refractivity contribution < 1.29 is 9.59 Å². The molecule has 0 aliphatic carbocycles. The van der Waals surface area contributed by atoms with Gasteiger partial charge in [-0.1, -0.05) is 23.7 Å². The maximum atomic E-state index is 12.1. The average Bonchev–Trinajstić information content (AvgIpc) is 2.52. The fourth-order valence-corrected chi connectivity index (χ4v) is 3.17. The van der Waals surface area contributed by atoms with Crippen molar-refractivity contribution in [3.8, 4) is 0 Å². The number of fused-ring (bicyclic) bond motifs is 1. The second kappa shape index (κ2) is 6.37. The highest BCUT2D eigenvalue weighted by atomic mass is 35.5. The van der Waals surface area contributed by atoms with Crippen molar-refractivity contribution in [2.24, 2.45) is 0 Å². The number of carbonyl (C=O) groups excluding carboxylic acids is 2. The van der Waals surface area contributed by atoms with Gasteiger partial charge in [-0.25, -0.2) is 4.98 Å². The van der Waals surface area contributed by atoms with E-state index < -0.39 is 0 Å². The summed E-state index contributed by atoms with van der Waals surface area (Å²) in [6, 6.07) is 10.8. The zero-order chi connectivity index (χ0) is 15.5. The van der Waals surface area contributed by atoms with E-state index in [1.165, 1.54) is 22.9 Å². The fraction of sp³-hybridized carbons (Fsp3) is 0.133. The molecule has 1 N–H and O–H groups in total. The molecule has 2 amide bonds. The monoisotopic (exact) mass is 333 g/mol. The first kappa shape index (κ1) is 14.9. The van der Waals surface area contributed by atoms with Crippen molar-refractivity contribution in [1.82, 2.24) is 4.98 Å². The molecular formula is C15H12ClN3O2S. The molecule has 112 valence electrons. The number of aromatic nitrogens is 1. The molecule has 0 spiro atoms. The molecular weight excluding hydrogens is 322 g/mol. The molecule has 0 atom stereocenters. The number of amides is 2. The highest BCUT2D eigenvalue weighted by Crippen LogP contribution is 2.34. The highest BCUT2D eigenvalue weighted by molar-refractivity contribution is 8.00. The van der Waals surface area contributed by atoms with Gasteiger partial charge in [-0.3, -0.25) is 9.59 Å². The van der Waals surface area contributed by atoms with Crippen molar-refractivity contribution in [3.05, 3.63) is 47.7 Å². The Hall–Kier alpha value is -2.05. The number of rotatable bonds is 3. The first-order chi connectivity index (χ1) is 10.6. The third-order valence-electron chi connectivity index (χ3n) is 3.12. The summed E-state index contributed by atoms with van der Waals surface area (Å²) >= 11 is 7.19. The summed E-state index contributed by atoms with van der Waals surface area (Å²) in [5, 5.41) is 3.06. The molecule has 7 heteroatoms. The first-order valence-electron chi connectivity index (χ1n) is 6.57. The summed E-state index contributed by atoms with van der Waals surface area (Å²) in [5.41, 5.74) is 1.31. The molecule has 1 aromatic heterocycles. The van der Waals surface area contributed by atoms with Gasteiger partial charge in [0.25, 0.3) is 0 Å². The van der Waals surface area contributed by atoms with E-state index in [-0.39, 0.29) is 18.4 Å². The number of carbonyl (C=O) groups is 2. The number of benzene rings is 1. The second-order valence-electron chi connectivity index (χ2n) is 4.65. The van der Waals surface area contributed by atoms with Crippen molar-refractivity contribution in [2.75, 3.05) is 22.5 Å². The van der Waals surface area contributed by atoms with E-state index in [1.807, 2.05) is 24.3 Å². The van der Waals surface area contributed by atoms with Gasteiger partial charge in [0.2, 0.25) is 11.8 Å². The SMILES string of the molecule is O=C(CN1C(=O)CSc2ccccc21)Nc1ccc(Cl)nc1. The van der Waals surface area contributed by atoms with E-state index in [1.54, 1.807) is 12.1 Å². The van der Waals surface area contributed by atoms with Crippen LogP contribution in [-0.2, 0) is 9.59 Å². The van der Waals surface area contributed by atoms with E-state index in [0.717, 1.165) is 10.6 Å². The molecule has 0 bridgehead atoms. The Balaban J connectivity index is 1.73. The van der Waals surface area contributed by atoms with Crippen LogP contribution in [0.2, 0.25) is 5.15 Å². The Kier molecular flexibility index (Phi) is 4.31. The van der Waals surface area contributed by atoms with Gasteiger partial charge >= 0.3 is 0 Å². The van der Waals surface area contributed by atoms with Gasteiger partial charge in [-0.15, -0.1) is 11.8 Å². The molecule has 0 saturated heterocycles. The average molecular weight is 334 g/mol. The van der Waals surface area contributed by atoms with Crippen LogP contribution in [0, 0.1) is 0 Å². The summed E-state index contributed by atoms with van der Waals surface area (Å²) in [6.45, 7) is -0.0287. The van der Waals surface area contributed by atoms with E-state index >= 15 is 0 Å². The van der Waals surface area contributed by atoms with Crippen LogP contribution in [-0.4, -0.2) is 29.1 Å². The number of hydrogen-bond donors (Lipinski definition) is 1. The fourth-order valence-electron chi connectivity index (χ4n) is 2.12. The van der Waals surface area contributed by atoms with Crippen LogP contribution in [0.25, 0.3) is 0 Å². The Morgan fingerprint density at radius 3 is 2.91 bits per heavy atom. The van der Waals surface area contributed by atoms with Crippen LogP contribution in [0.3, 0.4) is 0 Å². The molecule has 0 fully saturated rings. The van der Waals surface area contributed by atoms with Gasteiger partial charge in [-0.2, -0.15) is 0 Å². The van der Waals surface area contributed by atoms with Gasteiger partial charge in [0, 0.05) is 4.90 Å². The van der Waals surface area contributed by atoms with E-state index in [2.05, 4.69) is 10.3 Å². The number of hydrogen-bond acceptors (Lipinski definition) is 4. The normalized spacial score (nSPS) is 13.7. The molecule has 5 nitrogen and oxygen atoms in total. The van der Waals surface area contributed by atoms with Gasteiger partial charge < -0.3 is 10.2 Å². The van der Waals surface area contributed by atoms with Crippen molar-refractivity contribution in [1.29, 1.82) is 0 Å². The Morgan fingerprint density at radius 2 is 2.14 bits per heavy atom. The lowest BCUT2D eigenvalue weighted by molar-refractivity contribution is -0.120. The smallest absolute Gasteiger partial charge is 0.244 e. The number of nitrogens with zero attached hydrogens (tertiary/aromatic N) is 2. The van der Waals surface area contributed by atoms with Gasteiger partial charge in [-0.05, 0) is 24.3 Å². The first-order valence-corrected chi connectivity index (χ1v) is 7.93. The number of para-hydroxylation sites is 1. The minimum absolute atomic E-state index is 0.0287. The van der Waals surface area contributed by atoms with Crippen LogP contribution < -0.4 is 10.2 Å². The lowest BCUT2D eigenvalue weighted by Gasteiger charge is -2.28. The zero-order valence-corrected chi connectivity index (χ0v) is 13.0.